The number of benzene rings is 1. The van der Waals surface area contributed by atoms with E-state index in [0.29, 0.717) is 0 Å². The highest BCUT2D eigenvalue weighted by molar-refractivity contribution is 5.55. The fraction of sp³-hybridized carbons (Fsp3) is 0.286. The summed E-state index contributed by atoms with van der Waals surface area (Å²) < 4.78 is 0. The molecule has 0 nitrogen and oxygen atoms in total. The Bertz CT molecular complexity index is 339. The van der Waals surface area contributed by atoms with Crippen LogP contribution < -0.4 is 0 Å². The molecule has 0 spiro atoms. The van der Waals surface area contributed by atoms with Crippen molar-refractivity contribution in [3.63, 3.8) is 0 Å². The van der Waals surface area contributed by atoms with Crippen molar-refractivity contribution in [2.24, 2.45) is 0 Å². The summed E-state index contributed by atoms with van der Waals surface area (Å²) in [5.41, 5.74) is 4.06. The fourth-order valence-electron chi connectivity index (χ4n) is 1.36. The Morgan fingerprint density at radius 1 is 1.21 bits per heavy atom. The van der Waals surface area contributed by atoms with Crippen molar-refractivity contribution in [3.8, 4) is 0 Å². The third kappa shape index (κ3) is 3.21. The van der Waals surface area contributed by atoms with Crippen LogP contribution in [0.1, 0.15) is 31.9 Å². The number of aryl methyl sites for hydroxylation is 1. The topological polar surface area (TPSA) is 0 Å². The molecule has 0 radical (unpaired) electrons. The Morgan fingerprint density at radius 2 is 1.93 bits per heavy atom. The molecule has 0 saturated heterocycles. The van der Waals surface area contributed by atoms with Gasteiger partial charge in [-0.2, -0.15) is 0 Å². The minimum absolute atomic E-state index is 1.09. The number of allylic oxidation sites excluding steroid dienone is 3. The van der Waals surface area contributed by atoms with E-state index in [1.54, 1.807) is 0 Å². The summed E-state index contributed by atoms with van der Waals surface area (Å²) >= 11 is 0. The minimum atomic E-state index is 1.09. The van der Waals surface area contributed by atoms with Crippen molar-refractivity contribution in [2.45, 2.75) is 27.2 Å². The third-order valence-corrected chi connectivity index (χ3v) is 2.14. The Hall–Kier alpha value is -1.30. The summed E-state index contributed by atoms with van der Waals surface area (Å²) in [5.74, 6) is 0. The predicted octanol–water partition coefficient (Wildman–Crippen LogP) is 4.23. The van der Waals surface area contributed by atoms with Gasteiger partial charge in [-0.05, 0) is 31.4 Å². The molecule has 0 N–H and O–H groups in total. The lowest BCUT2D eigenvalue weighted by Gasteiger charge is -2.00. The molecule has 0 heteroatoms. The van der Waals surface area contributed by atoms with E-state index in [9.17, 15) is 0 Å². The van der Waals surface area contributed by atoms with Gasteiger partial charge < -0.3 is 0 Å². The van der Waals surface area contributed by atoms with Crippen molar-refractivity contribution in [2.75, 3.05) is 0 Å². The highest BCUT2D eigenvalue weighted by atomic mass is 14.0. The molecule has 0 aliphatic carbocycles. The second kappa shape index (κ2) is 5.43. The van der Waals surface area contributed by atoms with Crippen molar-refractivity contribution < 1.29 is 0 Å². The lowest BCUT2D eigenvalue weighted by atomic mass is 10.0. The van der Waals surface area contributed by atoms with Gasteiger partial charge in [0.25, 0.3) is 0 Å². The molecule has 0 amide bonds. The SMILES string of the molecule is CCc1ccccc1C=CC=C(C)C. The smallest absolute Gasteiger partial charge is 0.0225 e. The van der Waals surface area contributed by atoms with Crippen LogP contribution in [0.15, 0.2) is 42.0 Å². The summed E-state index contributed by atoms with van der Waals surface area (Å²) in [6.07, 6.45) is 7.51. The number of hydrogen-bond acceptors (Lipinski definition) is 0. The average molecular weight is 186 g/mol. The van der Waals surface area contributed by atoms with E-state index in [-0.39, 0.29) is 0 Å². The van der Waals surface area contributed by atoms with E-state index in [1.165, 1.54) is 16.7 Å². The first-order valence-corrected chi connectivity index (χ1v) is 5.13. The van der Waals surface area contributed by atoms with Crippen LogP contribution in [0, 0.1) is 0 Å². The summed E-state index contributed by atoms with van der Waals surface area (Å²) in [7, 11) is 0. The van der Waals surface area contributed by atoms with Gasteiger partial charge in [0, 0.05) is 0 Å². The fourth-order valence-corrected chi connectivity index (χ4v) is 1.36. The molecule has 0 atom stereocenters. The molecular formula is C14H18. The predicted molar refractivity (Wildman–Crippen MR) is 64.3 cm³/mol. The molecule has 1 rings (SSSR count). The lowest BCUT2D eigenvalue weighted by Crippen LogP contribution is -1.83. The first-order chi connectivity index (χ1) is 6.74. The first-order valence-electron chi connectivity index (χ1n) is 5.13. The van der Waals surface area contributed by atoms with Gasteiger partial charge in [-0.25, -0.2) is 0 Å². The molecule has 0 aliphatic heterocycles. The second-order valence-corrected chi connectivity index (χ2v) is 3.66. The standard InChI is InChI=1S/C14H18/c1-4-13-9-5-6-10-14(13)11-7-8-12(2)3/h5-11H,4H2,1-3H3. The van der Waals surface area contributed by atoms with E-state index < -0.39 is 0 Å². The largest absolute Gasteiger partial charge is 0.0764 e. The van der Waals surface area contributed by atoms with Gasteiger partial charge >= 0.3 is 0 Å². The highest BCUT2D eigenvalue weighted by Crippen LogP contribution is 2.11. The maximum absolute atomic E-state index is 2.19. The molecule has 0 fully saturated rings. The number of rotatable bonds is 3. The average Bonchev–Trinajstić information content (AvgIpc) is 2.18. The molecule has 0 aliphatic rings. The van der Waals surface area contributed by atoms with Crippen LogP contribution in [0.5, 0.6) is 0 Å². The maximum atomic E-state index is 2.19. The van der Waals surface area contributed by atoms with Crippen LogP contribution >= 0.6 is 0 Å². The van der Waals surface area contributed by atoms with E-state index in [1.807, 2.05) is 0 Å². The Morgan fingerprint density at radius 3 is 2.57 bits per heavy atom. The van der Waals surface area contributed by atoms with E-state index >= 15 is 0 Å². The van der Waals surface area contributed by atoms with Crippen LogP contribution in [0.2, 0.25) is 0 Å². The van der Waals surface area contributed by atoms with E-state index in [2.05, 4.69) is 63.3 Å². The third-order valence-electron chi connectivity index (χ3n) is 2.14. The molecule has 0 saturated carbocycles. The van der Waals surface area contributed by atoms with Crippen LogP contribution in [0.25, 0.3) is 6.08 Å². The molecule has 0 aromatic heterocycles. The number of hydrogen-bond donors (Lipinski definition) is 0. The quantitative estimate of drug-likeness (QED) is 0.620. The van der Waals surface area contributed by atoms with Gasteiger partial charge in [0.05, 0.1) is 0 Å². The van der Waals surface area contributed by atoms with Gasteiger partial charge in [-0.3, -0.25) is 0 Å². The highest BCUT2D eigenvalue weighted by Gasteiger charge is 1.93. The molecule has 0 unspecified atom stereocenters. The van der Waals surface area contributed by atoms with E-state index in [0.717, 1.165) is 6.42 Å². The van der Waals surface area contributed by atoms with E-state index in [4.69, 9.17) is 0 Å². The Labute approximate surface area is 87.0 Å². The zero-order chi connectivity index (χ0) is 10.4. The second-order valence-electron chi connectivity index (χ2n) is 3.66. The van der Waals surface area contributed by atoms with Crippen LogP contribution in [-0.2, 0) is 6.42 Å². The molecule has 0 heterocycles. The Kier molecular flexibility index (Phi) is 4.18. The Balaban J connectivity index is 2.85. The molecule has 14 heavy (non-hydrogen) atoms. The van der Waals surface area contributed by atoms with Crippen molar-refractivity contribution >= 4 is 6.08 Å². The summed E-state index contributed by atoms with van der Waals surface area (Å²) in [5, 5.41) is 0. The zero-order valence-corrected chi connectivity index (χ0v) is 9.25. The van der Waals surface area contributed by atoms with Gasteiger partial charge in [-0.1, -0.05) is 55.0 Å². The van der Waals surface area contributed by atoms with Gasteiger partial charge in [0.2, 0.25) is 0 Å². The summed E-state index contributed by atoms with van der Waals surface area (Å²) in [6, 6.07) is 8.52. The van der Waals surface area contributed by atoms with Crippen LogP contribution in [0.3, 0.4) is 0 Å². The molecule has 0 bridgehead atoms. The van der Waals surface area contributed by atoms with Gasteiger partial charge in [0.1, 0.15) is 0 Å². The van der Waals surface area contributed by atoms with Crippen LogP contribution in [0.4, 0.5) is 0 Å². The monoisotopic (exact) mass is 186 g/mol. The van der Waals surface area contributed by atoms with Crippen LogP contribution in [-0.4, -0.2) is 0 Å². The summed E-state index contributed by atoms with van der Waals surface area (Å²) in [6.45, 7) is 6.40. The lowest BCUT2D eigenvalue weighted by molar-refractivity contribution is 1.13. The normalized spacial score (nSPS) is 10.5. The van der Waals surface area contributed by atoms with Crippen molar-refractivity contribution in [1.29, 1.82) is 0 Å². The van der Waals surface area contributed by atoms with Crippen molar-refractivity contribution in [3.05, 3.63) is 53.1 Å². The molecule has 74 valence electrons. The van der Waals surface area contributed by atoms with Gasteiger partial charge in [0.15, 0.2) is 0 Å². The molecular weight excluding hydrogens is 168 g/mol. The minimum Gasteiger partial charge on any atom is -0.0764 e. The maximum Gasteiger partial charge on any atom is -0.0225 e. The molecule has 1 aromatic carbocycles. The van der Waals surface area contributed by atoms with Crippen molar-refractivity contribution in [1.82, 2.24) is 0 Å². The molecule has 1 aromatic rings. The first kappa shape index (κ1) is 10.8. The zero-order valence-electron chi connectivity index (χ0n) is 9.25. The summed E-state index contributed by atoms with van der Waals surface area (Å²) in [4.78, 5) is 0. The van der Waals surface area contributed by atoms with Gasteiger partial charge in [-0.15, -0.1) is 0 Å².